The molecule has 0 aliphatic carbocycles. The molecule has 5 heteroatoms. The zero-order valence-electron chi connectivity index (χ0n) is 9.58. The van der Waals surface area contributed by atoms with Gasteiger partial charge in [0.25, 0.3) is 0 Å². The predicted molar refractivity (Wildman–Crippen MR) is 63.6 cm³/mol. The molecule has 0 aliphatic rings. The average molecular weight is 245 g/mol. The topological polar surface area (TPSA) is 41.5 Å². The molecule has 0 fully saturated rings. The largest absolute Gasteiger partial charge is 0.495 e. The lowest BCUT2D eigenvalue weighted by atomic mass is 10.1. The summed E-state index contributed by atoms with van der Waals surface area (Å²) < 4.78 is 18.5. The Balaban J connectivity index is 3.19. The van der Waals surface area contributed by atoms with Gasteiger partial charge in [-0.3, -0.25) is 0 Å². The summed E-state index contributed by atoms with van der Waals surface area (Å²) in [4.78, 5) is 0.688. The van der Waals surface area contributed by atoms with Gasteiger partial charge in [0.15, 0.2) is 0 Å². The van der Waals surface area contributed by atoms with Crippen molar-refractivity contribution in [1.29, 1.82) is 0 Å². The Bertz CT molecular complexity index is 360. The maximum absolute atomic E-state index is 13.3. The number of aliphatic hydroxyl groups is 1. The highest BCUT2D eigenvalue weighted by Crippen LogP contribution is 2.35. The van der Waals surface area contributed by atoms with Gasteiger partial charge in [-0.2, -0.15) is 0 Å². The van der Waals surface area contributed by atoms with Crippen molar-refractivity contribution in [3.05, 3.63) is 23.5 Å². The lowest BCUT2D eigenvalue weighted by Gasteiger charge is -2.17. The van der Waals surface area contributed by atoms with Gasteiger partial charge in [-0.15, -0.1) is 11.8 Å². The Hall–Kier alpha value is -0.780. The van der Waals surface area contributed by atoms with Crippen LogP contribution in [0, 0.1) is 5.82 Å². The second kappa shape index (κ2) is 6.08. The molecule has 0 radical (unpaired) electrons. The van der Waals surface area contributed by atoms with Crippen LogP contribution in [0.5, 0.6) is 5.75 Å². The first kappa shape index (κ1) is 13.3. The molecular formula is C11H16FNO2S. The van der Waals surface area contributed by atoms with E-state index < -0.39 is 6.10 Å². The van der Waals surface area contributed by atoms with E-state index in [0.29, 0.717) is 22.8 Å². The molecule has 1 aromatic rings. The molecule has 3 nitrogen and oxygen atoms in total. The second-order valence-electron chi connectivity index (χ2n) is 3.30. The minimum absolute atomic E-state index is 0.355. The Kier molecular flexibility index (Phi) is 5.05. The second-order valence-corrected chi connectivity index (χ2v) is 4.15. The Morgan fingerprint density at radius 1 is 1.56 bits per heavy atom. The molecule has 16 heavy (non-hydrogen) atoms. The molecule has 0 heterocycles. The van der Waals surface area contributed by atoms with Crippen LogP contribution < -0.4 is 10.1 Å². The number of hydrogen-bond donors (Lipinski definition) is 2. The minimum atomic E-state index is -0.776. The van der Waals surface area contributed by atoms with E-state index in [1.54, 1.807) is 7.05 Å². The summed E-state index contributed by atoms with van der Waals surface area (Å²) in [5.41, 5.74) is 0.473. The summed E-state index contributed by atoms with van der Waals surface area (Å²) in [6.07, 6.45) is 1.06. The number of nitrogens with one attached hydrogen (secondary N) is 1. The number of halogens is 1. The van der Waals surface area contributed by atoms with Gasteiger partial charge in [-0.1, -0.05) is 0 Å². The summed E-state index contributed by atoms with van der Waals surface area (Å²) in [6.45, 7) is 0.355. The van der Waals surface area contributed by atoms with Crippen molar-refractivity contribution in [2.24, 2.45) is 0 Å². The molecule has 0 saturated heterocycles. The van der Waals surface area contributed by atoms with Gasteiger partial charge >= 0.3 is 0 Å². The van der Waals surface area contributed by atoms with Gasteiger partial charge in [0.05, 0.1) is 18.1 Å². The first-order valence-corrected chi connectivity index (χ1v) is 6.10. The molecule has 2 N–H and O–H groups in total. The fourth-order valence-corrected chi connectivity index (χ4v) is 2.13. The highest BCUT2D eigenvalue weighted by molar-refractivity contribution is 7.98. The van der Waals surface area contributed by atoms with Crippen molar-refractivity contribution < 1.29 is 14.2 Å². The van der Waals surface area contributed by atoms with Crippen LogP contribution in [0.2, 0.25) is 0 Å². The minimum Gasteiger partial charge on any atom is -0.495 e. The Morgan fingerprint density at radius 3 is 2.75 bits per heavy atom. The summed E-state index contributed by atoms with van der Waals surface area (Å²) in [5, 5.41) is 12.7. The van der Waals surface area contributed by atoms with Crippen LogP contribution in [-0.2, 0) is 0 Å². The summed E-state index contributed by atoms with van der Waals surface area (Å²) in [6, 6.07) is 2.71. The smallest absolute Gasteiger partial charge is 0.138 e. The standard InChI is InChI=1S/C11H16FNO2S/c1-13-6-9(14)8-4-7(12)5-10(16-3)11(8)15-2/h4-5,9,13-14H,6H2,1-3H3. The van der Waals surface area contributed by atoms with E-state index >= 15 is 0 Å². The molecule has 0 aromatic heterocycles. The number of methoxy groups -OCH3 is 1. The van der Waals surface area contributed by atoms with Gasteiger partial charge in [0.2, 0.25) is 0 Å². The molecule has 0 saturated carbocycles. The van der Waals surface area contributed by atoms with Crippen molar-refractivity contribution in [1.82, 2.24) is 5.32 Å². The van der Waals surface area contributed by atoms with E-state index in [0.717, 1.165) is 0 Å². The van der Waals surface area contributed by atoms with Crippen molar-refractivity contribution in [3.63, 3.8) is 0 Å². The lowest BCUT2D eigenvalue weighted by molar-refractivity contribution is 0.172. The van der Waals surface area contributed by atoms with Crippen LogP contribution in [0.3, 0.4) is 0 Å². The third-order valence-electron chi connectivity index (χ3n) is 2.23. The highest BCUT2D eigenvalue weighted by Gasteiger charge is 2.17. The molecule has 0 amide bonds. The van der Waals surface area contributed by atoms with Gasteiger partial charge in [0.1, 0.15) is 11.6 Å². The summed E-state index contributed by atoms with van der Waals surface area (Å²) in [7, 11) is 3.24. The zero-order valence-corrected chi connectivity index (χ0v) is 10.4. The number of benzene rings is 1. The van der Waals surface area contributed by atoms with Crippen molar-refractivity contribution in [3.8, 4) is 5.75 Å². The number of hydrogen-bond acceptors (Lipinski definition) is 4. The van der Waals surface area contributed by atoms with Crippen LogP contribution in [0.25, 0.3) is 0 Å². The SMILES string of the molecule is CNCC(O)c1cc(F)cc(SC)c1OC. The fourth-order valence-electron chi connectivity index (χ4n) is 1.51. The molecule has 1 rings (SSSR count). The zero-order chi connectivity index (χ0) is 12.1. The Morgan fingerprint density at radius 2 is 2.25 bits per heavy atom. The number of likely N-dealkylation sites (N-methyl/N-ethyl adjacent to an activating group) is 1. The van der Waals surface area contributed by atoms with Gasteiger partial charge < -0.3 is 15.2 Å². The monoisotopic (exact) mass is 245 g/mol. The summed E-state index contributed by atoms with van der Waals surface area (Å²) in [5.74, 6) is 0.173. The summed E-state index contributed by atoms with van der Waals surface area (Å²) >= 11 is 1.39. The first-order valence-electron chi connectivity index (χ1n) is 4.88. The third kappa shape index (κ3) is 2.87. The van der Waals surface area contributed by atoms with Crippen molar-refractivity contribution in [2.75, 3.05) is 27.0 Å². The molecule has 1 aromatic carbocycles. The van der Waals surface area contributed by atoms with Crippen LogP contribution in [0.1, 0.15) is 11.7 Å². The number of ether oxygens (including phenoxy) is 1. The first-order chi connectivity index (χ1) is 7.63. The quantitative estimate of drug-likeness (QED) is 0.776. The molecular weight excluding hydrogens is 229 g/mol. The number of aliphatic hydroxyl groups excluding tert-OH is 1. The maximum atomic E-state index is 13.3. The van der Waals surface area contributed by atoms with Crippen LogP contribution in [0.15, 0.2) is 17.0 Å². The van der Waals surface area contributed by atoms with Gasteiger partial charge in [-0.05, 0) is 25.4 Å². The van der Waals surface area contributed by atoms with Crippen molar-refractivity contribution in [2.45, 2.75) is 11.0 Å². The van der Waals surface area contributed by atoms with E-state index in [9.17, 15) is 9.50 Å². The van der Waals surface area contributed by atoms with Crippen molar-refractivity contribution >= 4 is 11.8 Å². The number of rotatable bonds is 5. The average Bonchev–Trinajstić information content (AvgIpc) is 2.28. The van der Waals surface area contributed by atoms with Crippen LogP contribution in [0.4, 0.5) is 4.39 Å². The predicted octanol–water partition coefficient (Wildman–Crippen LogP) is 1.81. The van der Waals surface area contributed by atoms with E-state index in [2.05, 4.69) is 5.32 Å². The highest BCUT2D eigenvalue weighted by atomic mass is 32.2. The molecule has 0 aliphatic heterocycles. The molecule has 0 spiro atoms. The normalized spacial score (nSPS) is 12.6. The maximum Gasteiger partial charge on any atom is 0.138 e. The van der Waals surface area contributed by atoms with Crippen LogP contribution >= 0.6 is 11.8 Å². The van der Waals surface area contributed by atoms with E-state index in [-0.39, 0.29) is 5.82 Å². The van der Waals surface area contributed by atoms with Gasteiger partial charge in [-0.25, -0.2) is 4.39 Å². The lowest BCUT2D eigenvalue weighted by Crippen LogP contribution is -2.17. The molecule has 90 valence electrons. The fraction of sp³-hybridized carbons (Fsp3) is 0.455. The van der Waals surface area contributed by atoms with Gasteiger partial charge in [0, 0.05) is 12.1 Å². The van der Waals surface area contributed by atoms with E-state index in [1.165, 1.54) is 31.0 Å². The van der Waals surface area contributed by atoms with E-state index in [4.69, 9.17) is 4.74 Å². The molecule has 0 bridgehead atoms. The molecule has 1 unspecified atom stereocenters. The third-order valence-corrected chi connectivity index (χ3v) is 2.97. The molecule has 1 atom stereocenters. The number of thioether (sulfide) groups is 1. The van der Waals surface area contributed by atoms with E-state index in [1.807, 2.05) is 6.26 Å². The Labute approximate surface area is 99.0 Å². The van der Waals surface area contributed by atoms with Crippen LogP contribution in [-0.4, -0.2) is 32.1 Å².